The Labute approximate surface area is 125 Å². The van der Waals surface area contributed by atoms with Crippen molar-refractivity contribution in [2.24, 2.45) is 5.92 Å². The van der Waals surface area contributed by atoms with Crippen LogP contribution in [0.1, 0.15) is 31.4 Å². The minimum atomic E-state index is 0.0869. The number of anilines is 1. The molecule has 114 valence electrons. The molecule has 1 aliphatic carbocycles. The van der Waals surface area contributed by atoms with E-state index in [-0.39, 0.29) is 6.61 Å². The number of rotatable bonds is 6. The summed E-state index contributed by atoms with van der Waals surface area (Å²) in [5, 5.41) is 17.3. The zero-order chi connectivity index (χ0) is 14.7. The Kier molecular flexibility index (Phi) is 4.29. The summed E-state index contributed by atoms with van der Waals surface area (Å²) in [5.41, 5.74) is 1.90. The van der Waals surface area contributed by atoms with Crippen molar-refractivity contribution >= 4 is 5.82 Å². The van der Waals surface area contributed by atoms with Crippen molar-refractivity contribution in [3.63, 3.8) is 0 Å². The van der Waals surface area contributed by atoms with E-state index in [4.69, 9.17) is 4.42 Å². The zero-order valence-corrected chi connectivity index (χ0v) is 12.5. The van der Waals surface area contributed by atoms with E-state index in [2.05, 4.69) is 10.4 Å². The first kappa shape index (κ1) is 14.2. The third-order valence-corrected chi connectivity index (χ3v) is 4.27. The Morgan fingerprint density at radius 2 is 2.24 bits per heavy atom. The Hall–Kier alpha value is -1.75. The van der Waals surface area contributed by atoms with Gasteiger partial charge >= 0.3 is 0 Å². The van der Waals surface area contributed by atoms with E-state index in [1.54, 1.807) is 6.26 Å². The van der Waals surface area contributed by atoms with Gasteiger partial charge in [0.05, 0.1) is 25.1 Å². The number of nitrogens with one attached hydrogen (secondary N) is 1. The van der Waals surface area contributed by atoms with Crippen LogP contribution in [0.25, 0.3) is 11.3 Å². The lowest BCUT2D eigenvalue weighted by molar-refractivity contribution is 0.270. The molecule has 0 aromatic carbocycles. The average molecular weight is 289 g/mol. The van der Waals surface area contributed by atoms with E-state index in [0.717, 1.165) is 35.3 Å². The maximum absolute atomic E-state index is 9.21. The number of furan rings is 1. The predicted molar refractivity (Wildman–Crippen MR) is 82.2 cm³/mol. The topological polar surface area (TPSA) is 63.2 Å². The molecule has 0 spiro atoms. The summed E-state index contributed by atoms with van der Waals surface area (Å²) in [5.74, 6) is 2.61. The molecule has 21 heavy (non-hydrogen) atoms. The number of aryl methyl sites for hydroxylation is 1. The van der Waals surface area contributed by atoms with Gasteiger partial charge in [0.15, 0.2) is 0 Å². The Morgan fingerprint density at radius 1 is 1.43 bits per heavy atom. The summed E-state index contributed by atoms with van der Waals surface area (Å²) < 4.78 is 7.19. The highest BCUT2D eigenvalue weighted by molar-refractivity contribution is 5.64. The molecule has 3 rings (SSSR count). The number of aliphatic hydroxyl groups excluding tert-OH is 1. The Bertz CT molecular complexity index is 582. The summed E-state index contributed by atoms with van der Waals surface area (Å²) in [4.78, 5) is 0. The van der Waals surface area contributed by atoms with Gasteiger partial charge in [-0.15, -0.1) is 0 Å². The molecule has 2 N–H and O–H groups in total. The molecule has 0 bridgehead atoms. The quantitative estimate of drug-likeness (QED) is 0.858. The summed E-state index contributed by atoms with van der Waals surface area (Å²) in [7, 11) is 0. The van der Waals surface area contributed by atoms with Crippen LogP contribution >= 0.6 is 0 Å². The highest BCUT2D eigenvalue weighted by Crippen LogP contribution is 2.28. The van der Waals surface area contributed by atoms with Gasteiger partial charge in [0.1, 0.15) is 11.6 Å². The molecule has 0 amide bonds. The van der Waals surface area contributed by atoms with Crippen molar-refractivity contribution in [2.45, 2.75) is 39.2 Å². The Morgan fingerprint density at radius 3 is 2.90 bits per heavy atom. The van der Waals surface area contributed by atoms with E-state index < -0.39 is 0 Å². The van der Waals surface area contributed by atoms with Gasteiger partial charge in [-0.3, -0.25) is 0 Å². The molecule has 5 nitrogen and oxygen atoms in total. The molecular weight excluding hydrogens is 266 g/mol. The molecule has 2 aromatic heterocycles. The number of aromatic nitrogens is 2. The second kappa shape index (κ2) is 6.35. The van der Waals surface area contributed by atoms with Crippen molar-refractivity contribution in [2.75, 3.05) is 18.5 Å². The van der Waals surface area contributed by atoms with E-state index in [1.165, 1.54) is 25.7 Å². The lowest BCUT2D eigenvalue weighted by Gasteiger charge is -2.12. The third-order valence-electron chi connectivity index (χ3n) is 4.27. The smallest absolute Gasteiger partial charge is 0.125 e. The van der Waals surface area contributed by atoms with Gasteiger partial charge in [-0.2, -0.15) is 5.10 Å². The number of hydrogen-bond donors (Lipinski definition) is 2. The fourth-order valence-corrected chi connectivity index (χ4v) is 3.07. The molecule has 1 fully saturated rings. The van der Waals surface area contributed by atoms with Crippen molar-refractivity contribution in [3.05, 3.63) is 24.2 Å². The van der Waals surface area contributed by atoms with Crippen LogP contribution in [0.5, 0.6) is 0 Å². The first-order chi connectivity index (χ1) is 10.3. The van der Waals surface area contributed by atoms with Gasteiger partial charge in [0.25, 0.3) is 0 Å². The largest absolute Gasteiger partial charge is 0.469 e. The predicted octanol–water partition coefficient (Wildman–Crippen LogP) is 3.05. The van der Waals surface area contributed by atoms with Crippen LogP contribution in [-0.2, 0) is 6.54 Å². The van der Waals surface area contributed by atoms with E-state index in [1.807, 2.05) is 23.7 Å². The van der Waals surface area contributed by atoms with E-state index >= 15 is 0 Å². The minimum absolute atomic E-state index is 0.0869. The van der Waals surface area contributed by atoms with Crippen LogP contribution in [0.15, 0.2) is 22.8 Å². The fraction of sp³-hybridized carbons (Fsp3) is 0.562. The maximum Gasteiger partial charge on any atom is 0.125 e. The van der Waals surface area contributed by atoms with Gasteiger partial charge in [-0.05, 0) is 31.7 Å². The van der Waals surface area contributed by atoms with Gasteiger partial charge in [-0.1, -0.05) is 12.8 Å². The molecule has 0 atom stereocenters. The molecular formula is C16H23N3O2. The average Bonchev–Trinajstić information content (AvgIpc) is 3.18. The molecule has 0 saturated heterocycles. The van der Waals surface area contributed by atoms with Crippen molar-refractivity contribution in [3.8, 4) is 11.3 Å². The van der Waals surface area contributed by atoms with Crippen molar-refractivity contribution in [1.29, 1.82) is 0 Å². The molecule has 2 aromatic rings. The maximum atomic E-state index is 9.21. The van der Waals surface area contributed by atoms with Gasteiger partial charge in [-0.25, -0.2) is 4.68 Å². The normalized spacial score (nSPS) is 15.7. The molecule has 5 heteroatoms. The monoisotopic (exact) mass is 289 g/mol. The fourth-order valence-electron chi connectivity index (χ4n) is 3.07. The SMILES string of the molecule is Cc1occc1-c1cc(NCC2CCCC2)n(CCO)n1. The first-order valence-corrected chi connectivity index (χ1v) is 7.75. The van der Waals surface area contributed by atoms with Crippen LogP contribution in [0.2, 0.25) is 0 Å². The third kappa shape index (κ3) is 3.13. The Balaban J connectivity index is 1.77. The van der Waals surface area contributed by atoms with E-state index in [9.17, 15) is 5.11 Å². The molecule has 0 unspecified atom stereocenters. The zero-order valence-electron chi connectivity index (χ0n) is 12.5. The molecule has 1 saturated carbocycles. The van der Waals surface area contributed by atoms with Crippen molar-refractivity contribution < 1.29 is 9.52 Å². The number of nitrogens with zero attached hydrogens (tertiary/aromatic N) is 2. The summed E-state index contributed by atoms with van der Waals surface area (Å²) in [6.45, 7) is 3.51. The molecule has 2 heterocycles. The lowest BCUT2D eigenvalue weighted by atomic mass is 10.1. The highest BCUT2D eigenvalue weighted by Gasteiger charge is 2.17. The molecule has 1 aliphatic rings. The second-order valence-corrected chi connectivity index (χ2v) is 5.78. The lowest BCUT2D eigenvalue weighted by Crippen LogP contribution is -2.15. The second-order valence-electron chi connectivity index (χ2n) is 5.78. The van der Waals surface area contributed by atoms with Crippen LogP contribution in [0.4, 0.5) is 5.82 Å². The van der Waals surface area contributed by atoms with Gasteiger partial charge < -0.3 is 14.8 Å². The van der Waals surface area contributed by atoms with Crippen LogP contribution in [0.3, 0.4) is 0 Å². The van der Waals surface area contributed by atoms with Gasteiger partial charge in [0, 0.05) is 18.2 Å². The molecule has 0 aliphatic heterocycles. The molecule has 0 radical (unpaired) electrons. The van der Waals surface area contributed by atoms with Crippen LogP contribution in [0, 0.1) is 12.8 Å². The number of hydrogen-bond acceptors (Lipinski definition) is 4. The minimum Gasteiger partial charge on any atom is -0.469 e. The van der Waals surface area contributed by atoms with Crippen molar-refractivity contribution in [1.82, 2.24) is 9.78 Å². The summed E-state index contributed by atoms with van der Waals surface area (Å²) >= 11 is 0. The van der Waals surface area contributed by atoms with Crippen LogP contribution < -0.4 is 5.32 Å². The summed E-state index contributed by atoms with van der Waals surface area (Å²) in [6.07, 6.45) is 7.01. The highest BCUT2D eigenvalue weighted by atomic mass is 16.3. The van der Waals surface area contributed by atoms with Crippen LogP contribution in [-0.4, -0.2) is 28.0 Å². The standard InChI is InChI=1S/C16H23N3O2/c1-12-14(6-9-21-12)15-10-16(19(18-15)7-8-20)17-11-13-4-2-3-5-13/h6,9-10,13,17,20H,2-5,7-8,11H2,1H3. The van der Waals surface area contributed by atoms with Gasteiger partial charge in [0.2, 0.25) is 0 Å². The van der Waals surface area contributed by atoms with E-state index in [0.29, 0.717) is 6.54 Å². The summed E-state index contributed by atoms with van der Waals surface area (Å²) in [6, 6.07) is 3.98. The first-order valence-electron chi connectivity index (χ1n) is 7.75. The number of aliphatic hydroxyl groups is 1.